The number of aromatic amines is 1. The van der Waals surface area contributed by atoms with Gasteiger partial charge in [0, 0.05) is 22.7 Å². The monoisotopic (exact) mass is 225 g/mol. The number of halogens is 2. The van der Waals surface area contributed by atoms with Gasteiger partial charge in [0.05, 0.1) is 5.38 Å². The summed E-state index contributed by atoms with van der Waals surface area (Å²) >= 11 is 5.70. The van der Waals surface area contributed by atoms with Gasteiger partial charge in [-0.25, -0.2) is 4.39 Å². The molecule has 0 radical (unpaired) electrons. The fraction of sp³-hybridized carbons (Fsp3) is 0.182. The van der Waals surface area contributed by atoms with Crippen molar-refractivity contribution in [3.63, 3.8) is 0 Å². The second-order valence-corrected chi connectivity index (χ2v) is 4.03. The first kappa shape index (κ1) is 10.2. The molecule has 1 aromatic carbocycles. The van der Waals surface area contributed by atoms with Crippen molar-refractivity contribution in [3.8, 4) is 0 Å². The lowest BCUT2D eigenvalue weighted by Crippen LogP contribution is -2.09. The molecule has 15 heavy (non-hydrogen) atoms. The standard InChI is InChI=1S/C11H9ClFNO/c1-6(12)11(15)9-5-14-10-3-2-7(13)4-8(9)10/h2-6,14H,1H3. The number of Topliss-reactive ketones (excluding diaryl/α,β-unsaturated/α-hetero) is 1. The van der Waals surface area contributed by atoms with E-state index in [4.69, 9.17) is 11.6 Å². The average molecular weight is 226 g/mol. The molecular weight excluding hydrogens is 217 g/mol. The van der Waals surface area contributed by atoms with Gasteiger partial charge < -0.3 is 4.98 Å². The van der Waals surface area contributed by atoms with Crippen LogP contribution in [0.25, 0.3) is 10.9 Å². The number of ketones is 1. The van der Waals surface area contributed by atoms with Crippen molar-refractivity contribution in [2.45, 2.75) is 12.3 Å². The molecule has 2 nitrogen and oxygen atoms in total. The second kappa shape index (κ2) is 3.66. The van der Waals surface area contributed by atoms with Crippen LogP contribution in [0.2, 0.25) is 0 Å². The highest BCUT2D eigenvalue weighted by Crippen LogP contribution is 2.21. The Morgan fingerprint density at radius 3 is 2.93 bits per heavy atom. The number of benzene rings is 1. The molecule has 1 unspecified atom stereocenters. The molecule has 0 amide bonds. The van der Waals surface area contributed by atoms with Crippen LogP contribution in [0.5, 0.6) is 0 Å². The summed E-state index contributed by atoms with van der Waals surface area (Å²) in [6.45, 7) is 1.60. The van der Waals surface area contributed by atoms with Crippen molar-refractivity contribution < 1.29 is 9.18 Å². The van der Waals surface area contributed by atoms with Gasteiger partial charge >= 0.3 is 0 Å². The Morgan fingerprint density at radius 1 is 1.53 bits per heavy atom. The summed E-state index contributed by atoms with van der Waals surface area (Å²) < 4.78 is 13.0. The number of aromatic nitrogens is 1. The Balaban J connectivity index is 2.62. The van der Waals surface area contributed by atoms with E-state index in [0.29, 0.717) is 10.9 Å². The maximum Gasteiger partial charge on any atom is 0.182 e. The van der Waals surface area contributed by atoms with Crippen LogP contribution in [0, 0.1) is 5.82 Å². The Bertz CT molecular complexity index is 518. The van der Waals surface area contributed by atoms with Gasteiger partial charge in [0.15, 0.2) is 5.78 Å². The van der Waals surface area contributed by atoms with Gasteiger partial charge in [-0.15, -0.1) is 11.6 Å². The molecule has 0 aliphatic rings. The Kier molecular flexibility index (Phi) is 2.49. The molecule has 1 N–H and O–H groups in total. The van der Waals surface area contributed by atoms with E-state index in [2.05, 4.69) is 4.98 Å². The fourth-order valence-electron chi connectivity index (χ4n) is 1.51. The first-order chi connectivity index (χ1) is 7.09. The maximum atomic E-state index is 13.0. The number of nitrogens with one attached hydrogen (secondary N) is 1. The van der Waals surface area contributed by atoms with Crippen LogP contribution in [-0.2, 0) is 0 Å². The maximum absolute atomic E-state index is 13.0. The lowest BCUT2D eigenvalue weighted by molar-refractivity contribution is 0.0993. The number of H-pyrrole nitrogens is 1. The molecule has 0 bridgehead atoms. The van der Waals surface area contributed by atoms with E-state index in [1.807, 2.05) is 0 Å². The van der Waals surface area contributed by atoms with E-state index in [1.54, 1.807) is 19.2 Å². The smallest absolute Gasteiger partial charge is 0.182 e. The van der Waals surface area contributed by atoms with Crippen LogP contribution < -0.4 is 0 Å². The fourth-order valence-corrected chi connectivity index (χ4v) is 1.63. The Labute approximate surface area is 91.0 Å². The third-order valence-corrected chi connectivity index (χ3v) is 2.47. The predicted molar refractivity (Wildman–Crippen MR) is 57.9 cm³/mol. The van der Waals surface area contributed by atoms with Crippen molar-refractivity contribution in [2.75, 3.05) is 0 Å². The minimum absolute atomic E-state index is 0.200. The highest BCUT2D eigenvalue weighted by Gasteiger charge is 2.16. The van der Waals surface area contributed by atoms with Crippen molar-refractivity contribution >= 4 is 28.3 Å². The van der Waals surface area contributed by atoms with Crippen molar-refractivity contribution in [3.05, 3.63) is 35.8 Å². The molecule has 4 heteroatoms. The molecule has 78 valence electrons. The topological polar surface area (TPSA) is 32.9 Å². The first-order valence-corrected chi connectivity index (χ1v) is 4.98. The summed E-state index contributed by atoms with van der Waals surface area (Å²) in [7, 11) is 0. The van der Waals surface area contributed by atoms with Crippen molar-refractivity contribution in [2.24, 2.45) is 0 Å². The molecule has 0 aliphatic carbocycles. The van der Waals surface area contributed by atoms with Crippen molar-refractivity contribution in [1.82, 2.24) is 4.98 Å². The number of rotatable bonds is 2. The lowest BCUT2D eigenvalue weighted by atomic mass is 10.1. The molecule has 0 saturated carbocycles. The van der Waals surface area contributed by atoms with Gasteiger partial charge in [0.2, 0.25) is 0 Å². The minimum Gasteiger partial charge on any atom is -0.360 e. The Morgan fingerprint density at radius 2 is 2.27 bits per heavy atom. The zero-order valence-corrected chi connectivity index (χ0v) is 8.81. The summed E-state index contributed by atoms with van der Waals surface area (Å²) in [6, 6.07) is 4.27. The predicted octanol–water partition coefficient (Wildman–Crippen LogP) is 3.12. The average Bonchev–Trinajstić information content (AvgIpc) is 2.59. The summed E-state index contributed by atoms with van der Waals surface area (Å²) in [4.78, 5) is 14.6. The SMILES string of the molecule is CC(Cl)C(=O)c1c[nH]c2ccc(F)cc12. The quantitative estimate of drug-likeness (QED) is 0.618. The van der Waals surface area contributed by atoms with E-state index in [9.17, 15) is 9.18 Å². The molecular formula is C11H9ClFNO. The molecule has 1 heterocycles. The van der Waals surface area contributed by atoms with Gasteiger partial charge in [-0.1, -0.05) is 0 Å². The zero-order chi connectivity index (χ0) is 11.0. The summed E-state index contributed by atoms with van der Waals surface area (Å²) in [6.07, 6.45) is 1.56. The van der Waals surface area contributed by atoms with E-state index in [0.717, 1.165) is 5.52 Å². The van der Waals surface area contributed by atoms with Crippen LogP contribution in [-0.4, -0.2) is 16.1 Å². The first-order valence-electron chi connectivity index (χ1n) is 4.54. The number of carbonyl (C=O) groups is 1. The van der Waals surface area contributed by atoms with Crippen LogP contribution in [0.4, 0.5) is 4.39 Å². The molecule has 1 atom stereocenters. The largest absolute Gasteiger partial charge is 0.360 e. The Hall–Kier alpha value is -1.35. The molecule has 2 aromatic rings. The number of carbonyl (C=O) groups excluding carboxylic acids is 1. The number of hydrogen-bond donors (Lipinski definition) is 1. The van der Waals surface area contributed by atoms with Gasteiger partial charge in [-0.05, 0) is 25.1 Å². The van der Waals surface area contributed by atoms with Crippen LogP contribution in [0.3, 0.4) is 0 Å². The van der Waals surface area contributed by atoms with Gasteiger partial charge in [-0.3, -0.25) is 4.79 Å². The van der Waals surface area contributed by atoms with E-state index >= 15 is 0 Å². The molecule has 2 rings (SSSR count). The van der Waals surface area contributed by atoms with E-state index in [-0.39, 0.29) is 11.6 Å². The summed E-state index contributed by atoms with van der Waals surface area (Å²) in [5.74, 6) is -0.563. The molecule has 0 aliphatic heterocycles. The lowest BCUT2D eigenvalue weighted by Gasteiger charge is -2.00. The third-order valence-electron chi connectivity index (χ3n) is 2.27. The normalized spacial score (nSPS) is 13.0. The second-order valence-electron chi connectivity index (χ2n) is 3.37. The summed E-state index contributed by atoms with van der Waals surface area (Å²) in [5, 5.41) is -0.0280. The van der Waals surface area contributed by atoms with Crippen molar-refractivity contribution in [1.29, 1.82) is 0 Å². The van der Waals surface area contributed by atoms with Crippen LogP contribution in [0.1, 0.15) is 17.3 Å². The molecule has 1 aromatic heterocycles. The number of alkyl halides is 1. The number of hydrogen-bond acceptors (Lipinski definition) is 1. The van der Waals surface area contributed by atoms with Crippen LogP contribution >= 0.6 is 11.6 Å². The highest BCUT2D eigenvalue weighted by molar-refractivity contribution is 6.34. The highest BCUT2D eigenvalue weighted by atomic mass is 35.5. The number of fused-ring (bicyclic) bond motifs is 1. The van der Waals surface area contributed by atoms with E-state index in [1.165, 1.54) is 12.1 Å². The van der Waals surface area contributed by atoms with Crippen LogP contribution in [0.15, 0.2) is 24.4 Å². The van der Waals surface area contributed by atoms with Gasteiger partial charge in [0.25, 0.3) is 0 Å². The third kappa shape index (κ3) is 1.75. The molecule has 0 fully saturated rings. The molecule has 0 spiro atoms. The zero-order valence-electron chi connectivity index (χ0n) is 8.05. The molecule has 0 saturated heterocycles. The van der Waals surface area contributed by atoms with Gasteiger partial charge in [0.1, 0.15) is 5.82 Å². The minimum atomic E-state index is -0.604. The van der Waals surface area contributed by atoms with E-state index < -0.39 is 5.38 Å². The van der Waals surface area contributed by atoms with Gasteiger partial charge in [-0.2, -0.15) is 0 Å². The summed E-state index contributed by atoms with van der Waals surface area (Å²) in [5.41, 5.74) is 1.17.